The third-order valence-corrected chi connectivity index (χ3v) is 3.74. The third kappa shape index (κ3) is 3.28. The van der Waals surface area contributed by atoms with Crippen molar-refractivity contribution in [3.8, 4) is 0 Å². The first-order valence-electron chi connectivity index (χ1n) is 6.02. The zero-order chi connectivity index (χ0) is 13.1. The minimum Gasteiger partial charge on any atom is -0.117 e. The van der Waals surface area contributed by atoms with Crippen LogP contribution < -0.4 is 0 Å². The van der Waals surface area contributed by atoms with Crippen molar-refractivity contribution < 1.29 is 0 Å². The fourth-order valence-electron chi connectivity index (χ4n) is 2.03. The monoisotopic (exact) mass is 278 g/mol. The average Bonchev–Trinajstić information content (AvgIpc) is 2.35. The SMILES string of the molecule is Cc1ccc(C)c(C(Cl)Cc2ccc(Cl)cc2)c1. The Balaban J connectivity index is 2.18. The molecule has 0 aliphatic carbocycles. The molecule has 0 nitrogen and oxygen atoms in total. The van der Waals surface area contributed by atoms with E-state index in [2.05, 4.69) is 32.0 Å². The summed E-state index contributed by atoms with van der Waals surface area (Å²) in [5.41, 5.74) is 4.92. The second-order valence-corrected chi connectivity index (χ2v) is 5.62. The molecule has 0 saturated carbocycles. The van der Waals surface area contributed by atoms with Crippen LogP contribution in [0.3, 0.4) is 0 Å². The Bertz CT molecular complexity index is 529. The lowest BCUT2D eigenvalue weighted by molar-refractivity contribution is 0.908. The van der Waals surface area contributed by atoms with E-state index in [9.17, 15) is 0 Å². The van der Waals surface area contributed by atoms with Crippen molar-refractivity contribution in [1.82, 2.24) is 0 Å². The van der Waals surface area contributed by atoms with Crippen molar-refractivity contribution in [2.24, 2.45) is 0 Å². The van der Waals surface area contributed by atoms with E-state index in [1.807, 2.05) is 24.3 Å². The van der Waals surface area contributed by atoms with E-state index in [1.165, 1.54) is 22.3 Å². The Labute approximate surface area is 119 Å². The van der Waals surface area contributed by atoms with Gasteiger partial charge in [-0.2, -0.15) is 0 Å². The van der Waals surface area contributed by atoms with Crippen LogP contribution in [0.25, 0.3) is 0 Å². The minimum atomic E-state index is 0.00563. The summed E-state index contributed by atoms with van der Waals surface area (Å²) in [7, 11) is 0. The van der Waals surface area contributed by atoms with E-state index in [0.717, 1.165) is 11.4 Å². The molecule has 0 aromatic heterocycles. The van der Waals surface area contributed by atoms with Crippen molar-refractivity contribution in [3.63, 3.8) is 0 Å². The van der Waals surface area contributed by atoms with Crippen molar-refractivity contribution >= 4 is 23.2 Å². The fourth-order valence-corrected chi connectivity index (χ4v) is 2.57. The number of alkyl halides is 1. The van der Waals surface area contributed by atoms with Gasteiger partial charge >= 0.3 is 0 Å². The highest BCUT2D eigenvalue weighted by atomic mass is 35.5. The molecule has 2 rings (SSSR count). The van der Waals surface area contributed by atoms with Gasteiger partial charge in [0.1, 0.15) is 0 Å². The molecule has 94 valence electrons. The zero-order valence-corrected chi connectivity index (χ0v) is 12.1. The van der Waals surface area contributed by atoms with Gasteiger partial charge in [0.25, 0.3) is 0 Å². The predicted molar refractivity (Wildman–Crippen MR) is 79.7 cm³/mol. The maximum atomic E-state index is 6.52. The van der Waals surface area contributed by atoms with Crippen LogP contribution in [-0.4, -0.2) is 0 Å². The fraction of sp³-hybridized carbons (Fsp3) is 0.250. The largest absolute Gasteiger partial charge is 0.117 e. The number of benzene rings is 2. The molecular formula is C16H16Cl2. The van der Waals surface area contributed by atoms with E-state index in [0.29, 0.717) is 0 Å². The Morgan fingerprint density at radius 3 is 2.33 bits per heavy atom. The quantitative estimate of drug-likeness (QED) is 0.653. The second-order valence-electron chi connectivity index (χ2n) is 4.66. The molecule has 0 fully saturated rings. The van der Waals surface area contributed by atoms with Gasteiger partial charge < -0.3 is 0 Å². The molecule has 0 N–H and O–H groups in total. The van der Waals surface area contributed by atoms with E-state index in [-0.39, 0.29) is 5.38 Å². The normalized spacial score (nSPS) is 12.4. The van der Waals surface area contributed by atoms with Crippen LogP contribution in [0.5, 0.6) is 0 Å². The van der Waals surface area contributed by atoms with Crippen LogP contribution in [0.4, 0.5) is 0 Å². The number of rotatable bonds is 3. The standard InChI is InChI=1S/C16H16Cl2/c1-11-3-4-12(2)15(9-11)16(18)10-13-5-7-14(17)8-6-13/h3-9,16H,10H2,1-2H3. The van der Waals surface area contributed by atoms with Gasteiger partial charge in [-0.3, -0.25) is 0 Å². The van der Waals surface area contributed by atoms with Crippen LogP contribution in [0, 0.1) is 13.8 Å². The maximum Gasteiger partial charge on any atom is 0.0628 e. The molecule has 2 aromatic carbocycles. The smallest absolute Gasteiger partial charge is 0.0628 e. The van der Waals surface area contributed by atoms with E-state index >= 15 is 0 Å². The molecule has 0 saturated heterocycles. The molecule has 18 heavy (non-hydrogen) atoms. The molecule has 1 atom stereocenters. The van der Waals surface area contributed by atoms with E-state index in [4.69, 9.17) is 23.2 Å². The van der Waals surface area contributed by atoms with Crippen molar-refractivity contribution in [3.05, 3.63) is 69.7 Å². The third-order valence-electron chi connectivity index (χ3n) is 3.10. The van der Waals surface area contributed by atoms with Crippen LogP contribution in [0.15, 0.2) is 42.5 Å². The van der Waals surface area contributed by atoms with Crippen LogP contribution in [0.2, 0.25) is 5.02 Å². The number of aryl methyl sites for hydroxylation is 2. The van der Waals surface area contributed by atoms with Gasteiger partial charge in [0, 0.05) is 5.02 Å². The lowest BCUT2D eigenvalue weighted by atomic mass is 9.98. The summed E-state index contributed by atoms with van der Waals surface area (Å²) in [5.74, 6) is 0. The highest BCUT2D eigenvalue weighted by Crippen LogP contribution is 2.28. The van der Waals surface area contributed by atoms with Crippen LogP contribution in [-0.2, 0) is 6.42 Å². The Hall–Kier alpha value is -0.980. The summed E-state index contributed by atoms with van der Waals surface area (Å²) in [6.07, 6.45) is 0.822. The highest BCUT2D eigenvalue weighted by molar-refractivity contribution is 6.30. The van der Waals surface area contributed by atoms with Crippen molar-refractivity contribution in [2.45, 2.75) is 25.6 Å². The van der Waals surface area contributed by atoms with Gasteiger partial charge in [-0.25, -0.2) is 0 Å². The molecule has 0 aliphatic rings. The molecule has 0 heterocycles. The lowest BCUT2D eigenvalue weighted by Gasteiger charge is -2.14. The summed E-state index contributed by atoms with van der Waals surface area (Å²) in [6.45, 7) is 4.20. The first kappa shape index (κ1) is 13.5. The first-order chi connectivity index (χ1) is 8.56. The van der Waals surface area contributed by atoms with Gasteiger partial charge in [0.15, 0.2) is 0 Å². The average molecular weight is 279 g/mol. The topological polar surface area (TPSA) is 0 Å². The molecule has 1 unspecified atom stereocenters. The van der Waals surface area contributed by atoms with Crippen molar-refractivity contribution in [2.75, 3.05) is 0 Å². The van der Waals surface area contributed by atoms with Gasteiger partial charge in [0.2, 0.25) is 0 Å². The Kier molecular flexibility index (Phi) is 4.31. The summed E-state index contributed by atoms with van der Waals surface area (Å²) in [6, 6.07) is 14.3. The summed E-state index contributed by atoms with van der Waals surface area (Å²) >= 11 is 12.4. The molecule has 2 aromatic rings. The Morgan fingerprint density at radius 1 is 1.00 bits per heavy atom. The minimum absolute atomic E-state index is 0.00563. The number of hydrogen-bond donors (Lipinski definition) is 0. The molecule has 0 radical (unpaired) electrons. The number of halogens is 2. The van der Waals surface area contributed by atoms with Crippen LogP contribution in [0.1, 0.15) is 27.6 Å². The lowest BCUT2D eigenvalue weighted by Crippen LogP contribution is -1.99. The molecule has 0 aliphatic heterocycles. The van der Waals surface area contributed by atoms with E-state index in [1.54, 1.807) is 0 Å². The second kappa shape index (κ2) is 5.77. The van der Waals surface area contributed by atoms with Gasteiger partial charge in [0.05, 0.1) is 5.38 Å². The zero-order valence-electron chi connectivity index (χ0n) is 10.6. The summed E-state index contributed by atoms with van der Waals surface area (Å²) in [4.78, 5) is 0. The molecule has 0 bridgehead atoms. The molecule has 0 spiro atoms. The first-order valence-corrected chi connectivity index (χ1v) is 6.83. The van der Waals surface area contributed by atoms with Gasteiger partial charge in [-0.1, -0.05) is 47.5 Å². The molecule has 0 amide bonds. The van der Waals surface area contributed by atoms with Crippen molar-refractivity contribution in [1.29, 1.82) is 0 Å². The Morgan fingerprint density at radius 2 is 1.67 bits per heavy atom. The predicted octanol–water partition coefficient (Wildman–Crippen LogP) is 5.48. The molecule has 2 heteroatoms. The maximum absolute atomic E-state index is 6.52. The van der Waals surface area contributed by atoms with Gasteiger partial charge in [-0.05, 0) is 49.1 Å². The highest BCUT2D eigenvalue weighted by Gasteiger charge is 2.11. The summed E-state index contributed by atoms with van der Waals surface area (Å²) in [5, 5.41) is 0.766. The van der Waals surface area contributed by atoms with Crippen LogP contribution >= 0.6 is 23.2 Å². The number of hydrogen-bond acceptors (Lipinski definition) is 0. The van der Waals surface area contributed by atoms with E-state index < -0.39 is 0 Å². The molecular weight excluding hydrogens is 263 g/mol. The summed E-state index contributed by atoms with van der Waals surface area (Å²) < 4.78 is 0. The van der Waals surface area contributed by atoms with Gasteiger partial charge in [-0.15, -0.1) is 11.6 Å².